The van der Waals surface area contributed by atoms with Crippen molar-refractivity contribution in [2.75, 3.05) is 20.3 Å². The second kappa shape index (κ2) is 4.14. The van der Waals surface area contributed by atoms with Crippen LogP contribution in [0.3, 0.4) is 0 Å². The van der Waals surface area contributed by atoms with E-state index in [1.54, 1.807) is 7.11 Å². The molecule has 0 aromatic carbocycles. The molecule has 0 aromatic rings. The highest BCUT2D eigenvalue weighted by atomic mass is 16.7. The van der Waals surface area contributed by atoms with Gasteiger partial charge in [-0.25, -0.2) is 0 Å². The van der Waals surface area contributed by atoms with E-state index in [1.165, 1.54) is 0 Å². The average molecular weight is 202 g/mol. The van der Waals surface area contributed by atoms with E-state index in [0.29, 0.717) is 13.0 Å². The average Bonchev–Trinajstić information content (AvgIpc) is 2.23. The zero-order valence-electron chi connectivity index (χ0n) is 8.57. The van der Waals surface area contributed by atoms with E-state index in [2.05, 4.69) is 0 Å². The molecule has 2 saturated heterocycles. The molecular formula is C10H18O4. The second-order valence-corrected chi connectivity index (χ2v) is 4.04. The summed E-state index contributed by atoms with van der Waals surface area (Å²) in [6.07, 6.45) is 3.12. The van der Waals surface area contributed by atoms with Crippen molar-refractivity contribution in [1.82, 2.24) is 0 Å². The highest BCUT2D eigenvalue weighted by Crippen LogP contribution is 2.36. The summed E-state index contributed by atoms with van der Waals surface area (Å²) in [5, 5.41) is 9.46. The maximum Gasteiger partial charge on any atom is 0.194 e. The van der Waals surface area contributed by atoms with Gasteiger partial charge in [0.2, 0.25) is 0 Å². The number of methoxy groups -OCH3 is 1. The molecule has 0 bridgehead atoms. The van der Waals surface area contributed by atoms with E-state index < -0.39 is 11.9 Å². The molecule has 0 aromatic heterocycles. The SMILES string of the molecule is CO[C@@H]1C[C@H](O)CO[C@]12CCCCO2. The molecule has 0 aliphatic carbocycles. The molecule has 0 radical (unpaired) electrons. The molecule has 82 valence electrons. The first-order valence-electron chi connectivity index (χ1n) is 5.25. The summed E-state index contributed by atoms with van der Waals surface area (Å²) in [4.78, 5) is 0. The number of aliphatic hydroxyl groups is 1. The quantitative estimate of drug-likeness (QED) is 0.679. The van der Waals surface area contributed by atoms with E-state index >= 15 is 0 Å². The maximum absolute atomic E-state index is 9.46. The lowest BCUT2D eigenvalue weighted by Gasteiger charge is -2.46. The van der Waals surface area contributed by atoms with Crippen molar-refractivity contribution in [2.24, 2.45) is 0 Å². The molecule has 0 saturated carbocycles. The first-order valence-corrected chi connectivity index (χ1v) is 5.25. The molecule has 4 nitrogen and oxygen atoms in total. The Balaban J connectivity index is 2.06. The van der Waals surface area contributed by atoms with Gasteiger partial charge in [-0.05, 0) is 12.8 Å². The fourth-order valence-electron chi connectivity index (χ4n) is 2.26. The van der Waals surface area contributed by atoms with Crippen LogP contribution < -0.4 is 0 Å². The fourth-order valence-corrected chi connectivity index (χ4v) is 2.26. The van der Waals surface area contributed by atoms with Crippen molar-refractivity contribution in [3.8, 4) is 0 Å². The molecule has 4 heteroatoms. The van der Waals surface area contributed by atoms with Gasteiger partial charge in [-0.3, -0.25) is 0 Å². The minimum Gasteiger partial charge on any atom is -0.391 e. The van der Waals surface area contributed by atoms with Crippen LogP contribution in [0.4, 0.5) is 0 Å². The number of hydrogen-bond donors (Lipinski definition) is 1. The van der Waals surface area contributed by atoms with Crippen LogP contribution in [0.2, 0.25) is 0 Å². The molecule has 14 heavy (non-hydrogen) atoms. The Morgan fingerprint density at radius 2 is 2.21 bits per heavy atom. The molecule has 2 fully saturated rings. The Morgan fingerprint density at radius 1 is 1.36 bits per heavy atom. The third-order valence-corrected chi connectivity index (χ3v) is 3.05. The van der Waals surface area contributed by atoms with Gasteiger partial charge in [-0.15, -0.1) is 0 Å². The van der Waals surface area contributed by atoms with Gasteiger partial charge in [0.05, 0.1) is 19.3 Å². The first kappa shape index (κ1) is 10.4. The van der Waals surface area contributed by atoms with Crippen LogP contribution in [0.15, 0.2) is 0 Å². The topological polar surface area (TPSA) is 47.9 Å². The van der Waals surface area contributed by atoms with Crippen LogP contribution >= 0.6 is 0 Å². The third-order valence-electron chi connectivity index (χ3n) is 3.05. The van der Waals surface area contributed by atoms with E-state index in [0.717, 1.165) is 25.9 Å². The summed E-state index contributed by atoms with van der Waals surface area (Å²) >= 11 is 0. The smallest absolute Gasteiger partial charge is 0.194 e. The van der Waals surface area contributed by atoms with E-state index in [9.17, 15) is 5.11 Å². The molecule has 2 heterocycles. The predicted molar refractivity (Wildman–Crippen MR) is 49.9 cm³/mol. The zero-order chi connectivity index (χ0) is 10.0. The minimum atomic E-state index is -0.577. The first-order chi connectivity index (χ1) is 6.77. The van der Waals surface area contributed by atoms with Crippen LogP contribution in [-0.2, 0) is 14.2 Å². The lowest BCUT2D eigenvalue weighted by Crippen LogP contribution is -2.56. The van der Waals surface area contributed by atoms with E-state index in [-0.39, 0.29) is 6.10 Å². The number of hydrogen-bond acceptors (Lipinski definition) is 4. The summed E-state index contributed by atoms with van der Waals surface area (Å²) < 4.78 is 16.7. The zero-order valence-corrected chi connectivity index (χ0v) is 8.57. The van der Waals surface area contributed by atoms with Gasteiger partial charge in [-0.2, -0.15) is 0 Å². The maximum atomic E-state index is 9.46. The third kappa shape index (κ3) is 1.80. The van der Waals surface area contributed by atoms with Crippen LogP contribution in [0.5, 0.6) is 0 Å². The normalized spacial score (nSPS) is 44.1. The molecule has 2 rings (SSSR count). The highest BCUT2D eigenvalue weighted by molar-refractivity contribution is 4.88. The standard InChI is InChI=1S/C10H18O4/c1-12-9-6-8(11)7-14-10(9)4-2-3-5-13-10/h8-9,11H,2-7H2,1H3/t8-,9+,10+/m0/s1. The monoisotopic (exact) mass is 202 g/mol. The van der Waals surface area contributed by atoms with Gasteiger partial charge in [-0.1, -0.05) is 0 Å². The summed E-state index contributed by atoms with van der Waals surface area (Å²) in [5.41, 5.74) is 0. The van der Waals surface area contributed by atoms with Gasteiger partial charge in [0.1, 0.15) is 6.10 Å². The minimum absolute atomic E-state index is 0.133. The predicted octanol–water partition coefficient (Wildman–Crippen LogP) is 0.679. The van der Waals surface area contributed by atoms with Crippen LogP contribution in [-0.4, -0.2) is 43.4 Å². The van der Waals surface area contributed by atoms with Crippen LogP contribution in [0.25, 0.3) is 0 Å². The lowest BCUT2D eigenvalue weighted by molar-refractivity contribution is -0.331. The molecule has 1 spiro atoms. The van der Waals surface area contributed by atoms with E-state index in [1.807, 2.05) is 0 Å². The lowest BCUT2D eigenvalue weighted by atomic mass is 9.93. The molecule has 1 N–H and O–H groups in total. The highest BCUT2D eigenvalue weighted by Gasteiger charge is 2.47. The Labute approximate surface area is 84.1 Å². The van der Waals surface area contributed by atoms with Gasteiger partial charge in [0.15, 0.2) is 5.79 Å². The van der Waals surface area contributed by atoms with Gasteiger partial charge in [0.25, 0.3) is 0 Å². The summed E-state index contributed by atoms with van der Waals surface area (Å²) in [6.45, 7) is 1.09. The largest absolute Gasteiger partial charge is 0.391 e. The van der Waals surface area contributed by atoms with Crippen LogP contribution in [0.1, 0.15) is 25.7 Å². The molecule has 0 unspecified atom stereocenters. The van der Waals surface area contributed by atoms with Crippen molar-refractivity contribution >= 4 is 0 Å². The Bertz CT molecular complexity index is 189. The molecule has 2 aliphatic rings. The molecular weight excluding hydrogens is 184 g/mol. The van der Waals surface area contributed by atoms with Crippen molar-refractivity contribution in [2.45, 2.75) is 43.7 Å². The van der Waals surface area contributed by atoms with Gasteiger partial charge >= 0.3 is 0 Å². The summed E-state index contributed by atoms with van der Waals surface area (Å²) in [7, 11) is 1.64. The fraction of sp³-hybridized carbons (Fsp3) is 1.00. The Hall–Kier alpha value is -0.160. The van der Waals surface area contributed by atoms with Crippen LogP contribution in [0, 0.1) is 0 Å². The van der Waals surface area contributed by atoms with Gasteiger partial charge < -0.3 is 19.3 Å². The Morgan fingerprint density at radius 3 is 2.86 bits per heavy atom. The van der Waals surface area contributed by atoms with Crippen molar-refractivity contribution in [3.05, 3.63) is 0 Å². The number of aliphatic hydroxyl groups excluding tert-OH is 1. The van der Waals surface area contributed by atoms with E-state index in [4.69, 9.17) is 14.2 Å². The molecule has 0 amide bonds. The van der Waals surface area contributed by atoms with Gasteiger partial charge in [0, 0.05) is 20.0 Å². The Kier molecular flexibility index (Phi) is 3.07. The number of ether oxygens (including phenoxy) is 3. The summed E-state index contributed by atoms with van der Waals surface area (Å²) in [5.74, 6) is -0.577. The summed E-state index contributed by atoms with van der Waals surface area (Å²) in [6, 6.07) is 0. The number of rotatable bonds is 1. The van der Waals surface area contributed by atoms with Crippen molar-refractivity contribution in [3.63, 3.8) is 0 Å². The second-order valence-electron chi connectivity index (χ2n) is 4.04. The van der Waals surface area contributed by atoms with Crippen molar-refractivity contribution < 1.29 is 19.3 Å². The molecule has 3 atom stereocenters. The van der Waals surface area contributed by atoms with Crippen molar-refractivity contribution in [1.29, 1.82) is 0 Å². The molecule has 2 aliphatic heterocycles.